The summed E-state index contributed by atoms with van der Waals surface area (Å²) < 4.78 is 2.38. The van der Waals surface area contributed by atoms with Crippen LogP contribution in [0.4, 0.5) is 0 Å². The van der Waals surface area contributed by atoms with E-state index in [-0.39, 0.29) is 0 Å². The van der Waals surface area contributed by atoms with Crippen molar-refractivity contribution >= 4 is 48.9 Å². The Balaban J connectivity index is 1.52. The molecule has 2 heteroatoms. The second kappa shape index (κ2) is 7.65. The zero-order chi connectivity index (χ0) is 24.5. The second-order valence-corrected chi connectivity index (χ2v) is 9.83. The molecule has 0 fully saturated rings. The molecule has 0 atom stereocenters. The van der Waals surface area contributed by atoms with E-state index in [1.54, 1.807) is 0 Å². The first-order chi connectivity index (χ1) is 18.3. The molecule has 0 amide bonds. The van der Waals surface area contributed by atoms with Crippen LogP contribution in [0.2, 0.25) is 0 Å². The van der Waals surface area contributed by atoms with Crippen molar-refractivity contribution in [1.82, 2.24) is 9.38 Å². The highest BCUT2D eigenvalue weighted by atomic mass is 15.0. The number of aryl methyl sites for hydroxylation is 1. The van der Waals surface area contributed by atoms with E-state index < -0.39 is 0 Å². The SMILES string of the molecule is CCc1nc2cccc3c4ccc(-c5c6ccccc6c(-c6ccccc6)c6ccccc56)cc4n1c23. The van der Waals surface area contributed by atoms with Crippen LogP contribution in [0.3, 0.4) is 0 Å². The maximum Gasteiger partial charge on any atom is 0.114 e. The van der Waals surface area contributed by atoms with Gasteiger partial charge in [0.25, 0.3) is 0 Å². The fourth-order valence-electron chi connectivity index (χ4n) is 6.34. The maximum atomic E-state index is 4.95. The van der Waals surface area contributed by atoms with Gasteiger partial charge in [0.05, 0.1) is 16.6 Å². The van der Waals surface area contributed by atoms with Gasteiger partial charge in [0.15, 0.2) is 0 Å². The van der Waals surface area contributed by atoms with Gasteiger partial charge < -0.3 is 0 Å². The first-order valence-electron chi connectivity index (χ1n) is 13.0. The van der Waals surface area contributed by atoms with Gasteiger partial charge in [-0.2, -0.15) is 0 Å². The van der Waals surface area contributed by atoms with Crippen LogP contribution in [0.15, 0.2) is 115 Å². The first kappa shape index (κ1) is 20.5. The average Bonchev–Trinajstić information content (AvgIpc) is 3.51. The van der Waals surface area contributed by atoms with Crippen LogP contribution in [0.25, 0.3) is 71.1 Å². The van der Waals surface area contributed by atoms with Gasteiger partial charge >= 0.3 is 0 Å². The predicted octanol–water partition coefficient (Wildman–Crippen LogP) is 9.28. The van der Waals surface area contributed by atoms with E-state index in [0.717, 1.165) is 17.8 Å². The number of nitrogens with zero attached hydrogens (tertiary/aromatic N) is 2. The van der Waals surface area contributed by atoms with Crippen LogP contribution in [-0.2, 0) is 6.42 Å². The van der Waals surface area contributed by atoms with Gasteiger partial charge in [-0.1, -0.05) is 110 Å². The fraction of sp³-hybridized carbons (Fsp3) is 0.0571. The van der Waals surface area contributed by atoms with Crippen molar-refractivity contribution in [2.24, 2.45) is 0 Å². The van der Waals surface area contributed by atoms with Crippen LogP contribution < -0.4 is 0 Å². The third kappa shape index (κ3) is 2.78. The Morgan fingerprint density at radius 3 is 1.78 bits per heavy atom. The molecule has 0 N–H and O–H groups in total. The van der Waals surface area contributed by atoms with Crippen molar-refractivity contribution in [3.05, 3.63) is 121 Å². The number of hydrogen-bond donors (Lipinski definition) is 0. The molecular weight excluding hydrogens is 448 g/mol. The van der Waals surface area contributed by atoms with Crippen molar-refractivity contribution in [3.63, 3.8) is 0 Å². The van der Waals surface area contributed by atoms with Gasteiger partial charge in [-0.15, -0.1) is 0 Å². The Labute approximate surface area is 214 Å². The van der Waals surface area contributed by atoms with Gasteiger partial charge in [-0.25, -0.2) is 4.98 Å². The van der Waals surface area contributed by atoms with Crippen molar-refractivity contribution < 1.29 is 0 Å². The molecular formula is C35H24N2. The molecule has 8 rings (SSSR count). The van der Waals surface area contributed by atoms with Crippen LogP contribution in [0, 0.1) is 0 Å². The summed E-state index contributed by atoms with van der Waals surface area (Å²) in [7, 11) is 0. The van der Waals surface area contributed by atoms with Gasteiger partial charge in [0.1, 0.15) is 5.82 Å². The van der Waals surface area contributed by atoms with Crippen LogP contribution in [0.5, 0.6) is 0 Å². The third-order valence-electron chi connectivity index (χ3n) is 7.87. The zero-order valence-corrected chi connectivity index (χ0v) is 20.6. The van der Waals surface area contributed by atoms with Crippen molar-refractivity contribution in [2.75, 3.05) is 0 Å². The Morgan fingerprint density at radius 1 is 0.541 bits per heavy atom. The molecule has 2 aromatic heterocycles. The maximum absolute atomic E-state index is 4.95. The summed E-state index contributed by atoms with van der Waals surface area (Å²) in [6.45, 7) is 2.19. The lowest BCUT2D eigenvalue weighted by molar-refractivity contribution is 0.961. The van der Waals surface area contributed by atoms with E-state index in [1.807, 2.05) is 0 Å². The monoisotopic (exact) mass is 472 g/mol. The molecule has 174 valence electrons. The minimum Gasteiger partial charge on any atom is -0.295 e. The fourth-order valence-corrected chi connectivity index (χ4v) is 6.34. The number of rotatable bonds is 3. The van der Waals surface area contributed by atoms with Crippen molar-refractivity contribution in [2.45, 2.75) is 13.3 Å². The van der Waals surface area contributed by atoms with Gasteiger partial charge in [0, 0.05) is 17.2 Å². The lowest BCUT2D eigenvalue weighted by atomic mass is 9.86. The number of hydrogen-bond acceptors (Lipinski definition) is 1. The highest BCUT2D eigenvalue weighted by molar-refractivity contribution is 6.22. The summed E-state index contributed by atoms with van der Waals surface area (Å²) in [5.74, 6) is 1.12. The summed E-state index contributed by atoms with van der Waals surface area (Å²) in [4.78, 5) is 4.95. The van der Waals surface area contributed by atoms with E-state index in [0.29, 0.717) is 0 Å². The summed E-state index contributed by atoms with van der Waals surface area (Å²) in [6, 6.07) is 42.0. The lowest BCUT2D eigenvalue weighted by Crippen LogP contribution is -1.92. The Morgan fingerprint density at radius 2 is 1.14 bits per heavy atom. The Hall–Kier alpha value is -4.69. The topological polar surface area (TPSA) is 17.3 Å². The highest BCUT2D eigenvalue weighted by Gasteiger charge is 2.20. The van der Waals surface area contributed by atoms with E-state index in [2.05, 4.69) is 127 Å². The third-order valence-corrected chi connectivity index (χ3v) is 7.87. The number of benzene rings is 6. The molecule has 0 saturated heterocycles. The largest absolute Gasteiger partial charge is 0.295 e. The van der Waals surface area contributed by atoms with E-state index in [4.69, 9.17) is 4.98 Å². The molecule has 6 aromatic carbocycles. The lowest BCUT2D eigenvalue weighted by Gasteiger charge is -2.17. The zero-order valence-electron chi connectivity index (χ0n) is 20.6. The Bertz CT molecular complexity index is 2060. The van der Waals surface area contributed by atoms with Gasteiger partial charge in [-0.05, 0) is 55.9 Å². The van der Waals surface area contributed by atoms with E-state index in [1.165, 1.54) is 65.6 Å². The first-order valence-corrected chi connectivity index (χ1v) is 13.0. The van der Waals surface area contributed by atoms with Crippen LogP contribution in [-0.4, -0.2) is 9.38 Å². The number of aromatic nitrogens is 2. The molecule has 0 unspecified atom stereocenters. The molecule has 8 aromatic rings. The molecule has 37 heavy (non-hydrogen) atoms. The number of imidazole rings is 1. The quantitative estimate of drug-likeness (QED) is 0.234. The molecule has 0 spiro atoms. The van der Waals surface area contributed by atoms with Crippen molar-refractivity contribution in [1.29, 1.82) is 0 Å². The molecule has 0 aliphatic heterocycles. The van der Waals surface area contributed by atoms with Crippen LogP contribution in [0.1, 0.15) is 12.7 Å². The minimum absolute atomic E-state index is 0.898. The molecule has 2 nitrogen and oxygen atoms in total. The van der Waals surface area contributed by atoms with E-state index >= 15 is 0 Å². The van der Waals surface area contributed by atoms with Gasteiger partial charge in [0.2, 0.25) is 0 Å². The average molecular weight is 473 g/mol. The predicted molar refractivity (Wildman–Crippen MR) is 157 cm³/mol. The highest BCUT2D eigenvalue weighted by Crippen LogP contribution is 2.44. The standard InChI is InChI=1S/C35H24N2/c1-2-32-36-30-18-10-17-29-24-20-19-23(21-31(24)37(32)35(29)30)34-27-15-8-6-13-25(27)33(22-11-4-3-5-12-22)26-14-7-9-16-28(26)34/h3-21H,2H2,1H3. The molecule has 0 saturated carbocycles. The molecule has 2 heterocycles. The number of fused-ring (bicyclic) bond motifs is 5. The van der Waals surface area contributed by atoms with Crippen molar-refractivity contribution in [3.8, 4) is 22.3 Å². The summed E-state index contributed by atoms with van der Waals surface area (Å²) >= 11 is 0. The molecule has 0 aliphatic carbocycles. The minimum atomic E-state index is 0.898. The normalized spacial score (nSPS) is 12.0. The Kier molecular flexibility index (Phi) is 4.24. The van der Waals surface area contributed by atoms with Crippen LogP contribution >= 0.6 is 0 Å². The molecule has 0 radical (unpaired) electrons. The summed E-state index contributed by atoms with van der Waals surface area (Å²) in [5.41, 5.74) is 8.63. The second-order valence-electron chi connectivity index (χ2n) is 9.83. The molecule has 0 aliphatic rings. The van der Waals surface area contributed by atoms with E-state index in [9.17, 15) is 0 Å². The smallest absolute Gasteiger partial charge is 0.114 e. The van der Waals surface area contributed by atoms with Gasteiger partial charge in [-0.3, -0.25) is 4.40 Å². The number of para-hydroxylation sites is 1. The summed E-state index contributed by atoms with van der Waals surface area (Å²) in [5, 5.41) is 7.69. The summed E-state index contributed by atoms with van der Waals surface area (Å²) in [6.07, 6.45) is 0.898. The molecule has 0 bridgehead atoms.